The van der Waals surface area contributed by atoms with Crippen LogP contribution in [0.5, 0.6) is 0 Å². The fourth-order valence-corrected chi connectivity index (χ4v) is 3.36. The van der Waals surface area contributed by atoms with Gasteiger partial charge in [-0.05, 0) is 27.2 Å². The summed E-state index contributed by atoms with van der Waals surface area (Å²) in [7, 11) is -1.47. The summed E-state index contributed by atoms with van der Waals surface area (Å²) in [5.74, 6) is 0. The third kappa shape index (κ3) is 3.84. The first-order chi connectivity index (χ1) is 5.74. The van der Waals surface area contributed by atoms with Crippen LogP contribution in [-0.2, 0) is 9.05 Å². The van der Waals surface area contributed by atoms with Gasteiger partial charge in [0.1, 0.15) is 12.3 Å². The fraction of sp³-hybridized carbons (Fsp3) is 1.00. The molecular weight excluding hydrogens is 171 g/mol. The Bertz CT molecular complexity index is 103. The van der Waals surface area contributed by atoms with Gasteiger partial charge in [-0.25, -0.2) is 9.05 Å². The molecular formula is C9H22O2P+. The average molecular weight is 193 g/mol. The van der Waals surface area contributed by atoms with E-state index in [0.717, 1.165) is 32.0 Å². The van der Waals surface area contributed by atoms with Crippen LogP contribution in [0.1, 0.15) is 34.1 Å². The van der Waals surface area contributed by atoms with E-state index in [9.17, 15) is 0 Å². The first-order valence-corrected chi connectivity index (χ1v) is 6.90. The molecule has 0 atom stereocenters. The second-order valence-corrected chi connectivity index (χ2v) is 6.11. The zero-order chi connectivity index (χ0) is 9.45. The van der Waals surface area contributed by atoms with E-state index in [1.807, 2.05) is 6.92 Å². The molecule has 0 radical (unpaired) electrons. The molecule has 0 saturated carbocycles. The summed E-state index contributed by atoms with van der Waals surface area (Å²) in [4.78, 5) is 0. The first-order valence-electron chi connectivity index (χ1n) is 4.90. The lowest BCUT2D eigenvalue weighted by Gasteiger charge is -2.20. The van der Waals surface area contributed by atoms with Gasteiger partial charge in [-0.15, -0.1) is 0 Å². The molecule has 0 saturated heterocycles. The van der Waals surface area contributed by atoms with Crippen molar-refractivity contribution in [3.63, 3.8) is 0 Å². The highest BCUT2D eigenvalue weighted by Crippen LogP contribution is 2.60. The summed E-state index contributed by atoms with van der Waals surface area (Å²) in [5.41, 5.74) is 0. The van der Waals surface area contributed by atoms with Gasteiger partial charge in [0.05, 0.1) is 13.2 Å². The molecule has 12 heavy (non-hydrogen) atoms. The van der Waals surface area contributed by atoms with Crippen LogP contribution in [0.15, 0.2) is 0 Å². The second kappa shape index (κ2) is 6.82. The van der Waals surface area contributed by atoms with Crippen molar-refractivity contribution in [2.45, 2.75) is 34.1 Å². The molecule has 0 amide bonds. The van der Waals surface area contributed by atoms with Crippen molar-refractivity contribution in [2.75, 3.05) is 25.5 Å². The van der Waals surface area contributed by atoms with Crippen LogP contribution in [0.4, 0.5) is 0 Å². The predicted octanol–water partition coefficient (Wildman–Crippen LogP) is 3.34. The molecule has 0 aliphatic heterocycles. The van der Waals surface area contributed by atoms with Crippen LogP contribution in [0.25, 0.3) is 0 Å². The molecule has 0 aromatic carbocycles. The Kier molecular flexibility index (Phi) is 7.02. The van der Waals surface area contributed by atoms with Gasteiger partial charge in [-0.1, -0.05) is 6.92 Å². The zero-order valence-corrected chi connectivity index (χ0v) is 9.69. The van der Waals surface area contributed by atoms with Gasteiger partial charge in [0.2, 0.25) is 0 Å². The lowest BCUT2D eigenvalue weighted by Crippen LogP contribution is -2.08. The van der Waals surface area contributed by atoms with E-state index in [1.165, 1.54) is 0 Å². The van der Waals surface area contributed by atoms with Crippen LogP contribution in [0.3, 0.4) is 0 Å². The standard InChI is InChI=1S/C9H22O2P/c1-5-9-11-12(7-3,8-4)10-6-2/h5-9H2,1-4H3/q+1. The van der Waals surface area contributed by atoms with Gasteiger partial charge in [-0.3, -0.25) is 0 Å². The lowest BCUT2D eigenvalue weighted by molar-refractivity contribution is 0.240. The molecule has 0 fully saturated rings. The highest BCUT2D eigenvalue weighted by molar-refractivity contribution is 7.66. The van der Waals surface area contributed by atoms with Crippen molar-refractivity contribution < 1.29 is 9.05 Å². The Morgan fingerprint density at radius 1 is 0.917 bits per heavy atom. The minimum Gasteiger partial charge on any atom is -0.207 e. The van der Waals surface area contributed by atoms with Crippen molar-refractivity contribution in [2.24, 2.45) is 0 Å². The van der Waals surface area contributed by atoms with Gasteiger partial charge >= 0.3 is 0 Å². The molecule has 0 N–H and O–H groups in total. The maximum absolute atomic E-state index is 5.81. The maximum atomic E-state index is 5.81. The van der Waals surface area contributed by atoms with Crippen LogP contribution >= 0.6 is 7.72 Å². The molecule has 0 bridgehead atoms. The normalized spacial score (nSPS) is 12.0. The van der Waals surface area contributed by atoms with Crippen molar-refractivity contribution in [3.8, 4) is 0 Å². The van der Waals surface area contributed by atoms with Crippen molar-refractivity contribution in [1.82, 2.24) is 0 Å². The van der Waals surface area contributed by atoms with Crippen molar-refractivity contribution in [3.05, 3.63) is 0 Å². The maximum Gasteiger partial charge on any atom is 0.274 e. The summed E-state index contributed by atoms with van der Waals surface area (Å²) in [6.45, 7) is 10.1. The first kappa shape index (κ1) is 12.3. The molecule has 0 aliphatic rings. The monoisotopic (exact) mass is 193 g/mol. The minimum atomic E-state index is -1.47. The Balaban J connectivity index is 3.95. The Labute approximate surface area is 77.1 Å². The molecule has 0 heterocycles. The number of rotatable bonds is 7. The Morgan fingerprint density at radius 3 is 1.83 bits per heavy atom. The summed E-state index contributed by atoms with van der Waals surface area (Å²) < 4.78 is 11.5. The molecule has 0 rings (SSSR count). The molecule has 0 aromatic heterocycles. The summed E-state index contributed by atoms with van der Waals surface area (Å²) >= 11 is 0. The van der Waals surface area contributed by atoms with E-state index in [4.69, 9.17) is 9.05 Å². The van der Waals surface area contributed by atoms with E-state index in [2.05, 4.69) is 20.8 Å². The van der Waals surface area contributed by atoms with Crippen molar-refractivity contribution in [1.29, 1.82) is 0 Å². The predicted molar refractivity (Wildman–Crippen MR) is 55.9 cm³/mol. The minimum absolute atomic E-state index is 0.777. The van der Waals surface area contributed by atoms with Gasteiger partial charge in [0, 0.05) is 0 Å². The van der Waals surface area contributed by atoms with E-state index >= 15 is 0 Å². The third-order valence-corrected chi connectivity index (χ3v) is 5.17. The smallest absolute Gasteiger partial charge is 0.207 e. The van der Waals surface area contributed by atoms with Gasteiger partial charge in [0.25, 0.3) is 7.72 Å². The zero-order valence-electron chi connectivity index (χ0n) is 8.80. The topological polar surface area (TPSA) is 18.5 Å². The van der Waals surface area contributed by atoms with E-state index in [1.54, 1.807) is 0 Å². The molecule has 0 unspecified atom stereocenters. The molecule has 74 valence electrons. The van der Waals surface area contributed by atoms with Gasteiger partial charge in [0.15, 0.2) is 0 Å². The largest absolute Gasteiger partial charge is 0.274 e. The van der Waals surface area contributed by atoms with Crippen LogP contribution in [0, 0.1) is 0 Å². The summed E-state index contributed by atoms with van der Waals surface area (Å²) in [6.07, 6.45) is 3.16. The molecule has 0 aromatic rings. The Morgan fingerprint density at radius 2 is 1.50 bits per heavy atom. The summed E-state index contributed by atoms with van der Waals surface area (Å²) in [6, 6.07) is 0. The van der Waals surface area contributed by atoms with Crippen LogP contribution in [0.2, 0.25) is 0 Å². The lowest BCUT2D eigenvalue weighted by atomic mass is 10.5. The molecule has 0 spiro atoms. The quantitative estimate of drug-likeness (QED) is 0.577. The highest BCUT2D eigenvalue weighted by atomic mass is 31.2. The number of hydrogen-bond donors (Lipinski definition) is 0. The second-order valence-electron chi connectivity index (χ2n) is 2.70. The van der Waals surface area contributed by atoms with E-state index in [-0.39, 0.29) is 0 Å². The van der Waals surface area contributed by atoms with Crippen LogP contribution in [-0.4, -0.2) is 25.5 Å². The third-order valence-electron chi connectivity index (χ3n) is 1.86. The molecule has 0 aliphatic carbocycles. The van der Waals surface area contributed by atoms with Crippen molar-refractivity contribution >= 4 is 7.72 Å². The van der Waals surface area contributed by atoms with Gasteiger partial charge < -0.3 is 0 Å². The molecule has 2 nitrogen and oxygen atoms in total. The highest BCUT2D eigenvalue weighted by Gasteiger charge is 2.36. The SMILES string of the molecule is CCCO[P+](CC)(CC)OCC. The Hall–Kier alpha value is 0.350. The van der Waals surface area contributed by atoms with Crippen LogP contribution < -0.4 is 0 Å². The fourth-order valence-electron chi connectivity index (χ4n) is 1.12. The number of hydrogen-bond acceptors (Lipinski definition) is 2. The van der Waals surface area contributed by atoms with Gasteiger partial charge in [-0.2, -0.15) is 0 Å². The average Bonchev–Trinajstić information content (AvgIpc) is 2.13. The summed E-state index contributed by atoms with van der Waals surface area (Å²) in [5, 5.41) is 0. The van der Waals surface area contributed by atoms with E-state index < -0.39 is 7.72 Å². The van der Waals surface area contributed by atoms with E-state index in [0.29, 0.717) is 0 Å². The molecule has 3 heteroatoms.